The fourth-order valence-electron chi connectivity index (χ4n) is 4.04. The molecule has 5 nitrogen and oxygen atoms in total. The molecule has 1 aliphatic heterocycles. The molecular formula is C23H30N4O. The molecule has 0 unspecified atom stereocenters. The monoisotopic (exact) mass is 378 g/mol. The van der Waals surface area contributed by atoms with E-state index in [0.717, 1.165) is 50.1 Å². The number of unbranched alkanes of at least 4 members (excludes halogenated alkanes) is 1. The molecule has 0 bridgehead atoms. The molecule has 2 heterocycles. The van der Waals surface area contributed by atoms with Gasteiger partial charge in [0.25, 0.3) is 0 Å². The van der Waals surface area contributed by atoms with E-state index < -0.39 is 0 Å². The number of nitrogens with zero attached hydrogens (tertiary/aromatic N) is 4. The Labute approximate surface area is 167 Å². The van der Waals surface area contributed by atoms with Crippen LogP contribution in [0.15, 0.2) is 42.5 Å². The third kappa shape index (κ3) is 3.72. The summed E-state index contributed by atoms with van der Waals surface area (Å²) in [5.74, 6) is 2.10. The van der Waals surface area contributed by atoms with Crippen LogP contribution >= 0.6 is 0 Å². The molecule has 5 heteroatoms. The van der Waals surface area contributed by atoms with Crippen LogP contribution in [0.3, 0.4) is 0 Å². The number of aromatic nitrogens is 2. The molecule has 1 aromatic heterocycles. The van der Waals surface area contributed by atoms with Crippen molar-refractivity contribution in [2.24, 2.45) is 0 Å². The minimum Gasteiger partial charge on any atom is -0.496 e. The lowest BCUT2D eigenvalue weighted by Gasteiger charge is -2.37. The number of rotatable bonds is 7. The van der Waals surface area contributed by atoms with Crippen LogP contribution in [0.4, 0.5) is 5.95 Å². The Hall–Kier alpha value is -2.53. The summed E-state index contributed by atoms with van der Waals surface area (Å²) in [7, 11) is 1.76. The maximum absolute atomic E-state index is 5.57. The molecule has 3 aromatic rings. The second kappa shape index (κ2) is 8.23. The van der Waals surface area contributed by atoms with Crippen molar-refractivity contribution in [3.05, 3.63) is 53.6 Å². The summed E-state index contributed by atoms with van der Waals surface area (Å²) in [6.45, 7) is 8.23. The highest BCUT2D eigenvalue weighted by atomic mass is 16.5. The van der Waals surface area contributed by atoms with Gasteiger partial charge in [0.15, 0.2) is 0 Å². The molecule has 148 valence electrons. The van der Waals surface area contributed by atoms with Crippen LogP contribution in [0.25, 0.3) is 11.0 Å². The van der Waals surface area contributed by atoms with Gasteiger partial charge in [-0.2, -0.15) is 0 Å². The number of imidazole rings is 1. The predicted octanol–water partition coefficient (Wildman–Crippen LogP) is 4.43. The molecule has 0 saturated carbocycles. The van der Waals surface area contributed by atoms with Crippen LogP contribution in [0.1, 0.15) is 30.9 Å². The molecule has 0 spiro atoms. The average Bonchev–Trinajstić information content (AvgIpc) is 3.09. The van der Waals surface area contributed by atoms with Crippen LogP contribution in [0.2, 0.25) is 0 Å². The van der Waals surface area contributed by atoms with Gasteiger partial charge in [-0.05, 0) is 43.5 Å². The smallest absolute Gasteiger partial charge is 0.208 e. The molecule has 4 rings (SSSR count). The highest BCUT2D eigenvalue weighted by Gasteiger charge is 2.25. The van der Waals surface area contributed by atoms with E-state index in [-0.39, 0.29) is 0 Å². The maximum atomic E-state index is 5.57. The van der Waals surface area contributed by atoms with Gasteiger partial charge in [0.2, 0.25) is 5.95 Å². The second-order valence-electron chi connectivity index (χ2n) is 7.69. The number of methoxy groups -OCH3 is 1. The van der Waals surface area contributed by atoms with Gasteiger partial charge < -0.3 is 9.64 Å². The molecule has 28 heavy (non-hydrogen) atoms. The minimum absolute atomic E-state index is 0.882. The van der Waals surface area contributed by atoms with Crippen molar-refractivity contribution in [2.75, 3.05) is 31.8 Å². The number of aryl methyl sites for hydroxylation is 1. The van der Waals surface area contributed by atoms with Crippen molar-refractivity contribution in [3.8, 4) is 5.75 Å². The first-order valence-corrected chi connectivity index (χ1v) is 10.3. The van der Waals surface area contributed by atoms with Crippen LogP contribution in [-0.2, 0) is 13.1 Å². The number of hydrogen-bond donors (Lipinski definition) is 0. The quantitative estimate of drug-likeness (QED) is 0.609. The average molecular weight is 379 g/mol. The highest BCUT2D eigenvalue weighted by Crippen LogP contribution is 2.28. The van der Waals surface area contributed by atoms with E-state index >= 15 is 0 Å². The third-order valence-electron chi connectivity index (χ3n) is 5.54. The number of ether oxygens (including phenoxy) is 1. The number of para-hydroxylation sites is 2. The Morgan fingerprint density at radius 1 is 1.07 bits per heavy atom. The summed E-state index contributed by atoms with van der Waals surface area (Å²) in [6, 6.07) is 14.9. The van der Waals surface area contributed by atoms with E-state index in [2.05, 4.69) is 70.7 Å². The number of fused-ring (bicyclic) bond motifs is 3. The third-order valence-corrected chi connectivity index (χ3v) is 5.54. The number of anilines is 1. The number of hydrogen-bond acceptors (Lipinski definition) is 4. The van der Waals surface area contributed by atoms with Crippen LogP contribution in [0, 0.1) is 6.92 Å². The maximum Gasteiger partial charge on any atom is 0.208 e. The standard InChI is InChI=1S/C23H30N4O/c1-4-5-13-26-16-25(14-12-19-15-18(2)10-11-22(19)28-3)17-27-21-9-7-6-8-20(21)24-23(26)27/h6-11,15H,4-5,12-14,16-17H2,1-3H3. The van der Waals surface area contributed by atoms with Gasteiger partial charge in [0.05, 0.1) is 31.5 Å². The second-order valence-corrected chi connectivity index (χ2v) is 7.69. The van der Waals surface area contributed by atoms with Crippen molar-refractivity contribution in [3.63, 3.8) is 0 Å². The Balaban J connectivity index is 1.57. The Morgan fingerprint density at radius 2 is 1.93 bits per heavy atom. The van der Waals surface area contributed by atoms with E-state index in [1.807, 2.05) is 0 Å². The van der Waals surface area contributed by atoms with Gasteiger partial charge >= 0.3 is 0 Å². The molecule has 0 radical (unpaired) electrons. The van der Waals surface area contributed by atoms with Gasteiger partial charge in [0.1, 0.15) is 5.75 Å². The molecule has 0 amide bonds. The van der Waals surface area contributed by atoms with E-state index in [0.29, 0.717) is 0 Å². The van der Waals surface area contributed by atoms with E-state index in [4.69, 9.17) is 9.72 Å². The van der Waals surface area contributed by atoms with Crippen LogP contribution in [-0.4, -0.2) is 41.3 Å². The van der Waals surface area contributed by atoms with Crippen molar-refractivity contribution in [1.82, 2.24) is 14.5 Å². The molecule has 1 aliphatic rings. The molecular weight excluding hydrogens is 348 g/mol. The summed E-state index contributed by atoms with van der Waals surface area (Å²) in [5.41, 5.74) is 4.86. The summed E-state index contributed by atoms with van der Waals surface area (Å²) in [5, 5.41) is 0. The zero-order valence-corrected chi connectivity index (χ0v) is 17.2. The lowest BCUT2D eigenvalue weighted by atomic mass is 10.1. The van der Waals surface area contributed by atoms with Gasteiger partial charge in [0, 0.05) is 13.1 Å². The van der Waals surface area contributed by atoms with Crippen LogP contribution in [0.5, 0.6) is 5.75 Å². The first-order valence-electron chi connectivity index (χ1n) is 10.3. The highest BCUT2D eigenvalue weighted by molar-refractivity contribution is 5.79. The fraction of sp³-hybridized carbons (Fsp3) is 0.435. The Morgan fingerprint density at radius 3 is 2.75 bits per heavy atom. The molecule has 0 atom stereocenters. The normalized spacial score (nSPS) is 14.5. The SMILES string of the molecule is CCCCN1CN(CCc2cc(C)ccc2OC)Cn2c1nc1ccccc12. The lowest BCUT2D eigenvalue weighted by Crippen LogP contribution is -2.46. The molecule has 2 aromatic carbocycles. The Bertz CT molecular complexity index is 949. The van der Waals surface area contributed by atoms with Gasteiger partial charge in [-0.25, -0.2) is 4.98 Å². The molecule has 0 aliphatic carbocycles. The molecule has 0 saturated heterocycles. The summed E-state index contributed by atoms with van der Waals surface area (Å²) < 4.78 is 7.93. The van der Waals surface area contributed by atoms with Gasteiger partial charge in [-0.15, -0.1) is 0 Å². The zero-order chi connectivity index (χ0) is 19.5. The van der Waals surface area contributed by atoms with E-state index in [1.165, 1.54) is 29.5 Å². The van der Waals surface area contributed by atoms with Crippen molar-refractivity contribution < 1.29 is 4.74 Å². The van der Waals surface area contributed by atoms with Crippen molar-refractivity contribution in [1.29, 1.82) is 0 Å². The van der Waals surface area contributed by atoms with Crippen LogP contribution < -0.4 is 9.64 Å². The minimum atomic E-state index is 0.882. The van der Waals surface area contributed by atoms with Crippen molar-refractivity contribution >= 4 is 17.0 Å². The first-order chi connectivity index (χ1) is 13.7. The largest absolute Gasteiger partial charge is 0.496 e. The Kier molecular flexibility index (Phi) is 5.53. The van der Waals surface area contributed by atoms with E-state index in [9.17, 15) is 0 Å². The number of benzene rings is 2. The van der Waals surface area contributed by atoms with Gasteiger partial charge in [-0.3, -0.25) is 9.47 Å². The lowest BCUT2D eigenvalue weighted by molar-refractivity contribution is 0.200. The van der Waals surface area contributed by atoms with Gasteiger partial charge in [-0.1, -0.05) is 43.2 Å². The summed E-state index contributed by atoms with van der Waals surface area (Å²) in [4.78, 5) is 9.86. The molecule has 0 fully saturated rings. The fourth-order valence-corrected chi connectivity index (χ4v) is 4.04. The summed E-state index contributed by atoms with van der Waals surface area (Å²) >= 11 is 0. The first kappa shape index (κ1) is 18.8. The zero-order valence-electron chi connectivity index (χ0n) is 17.2. The summed E-state index contributed by atoms with van der Waals surface area (Å²) in [6.07, 6.45) is 3.36. The molecule has 0 N–H and O–H groups in total. The predicted molar refractivity (Wildman–Crippen MR) is 115 cm³/mol. The van der Waals surface area contributed by atoms with Crippen molar-refractivity contribution in [2.45, 2.75) is 39.8 Å². The van der Waals surface area contributed by atoms with E-state index in [1.54, 1.807) is 7.11 Å². The topological polar surface area (TPSA) is 33.5 Å².